The lowest BCUT2D eigenvalue weighted by atomic mass is 9.88. The van der Waals surface area contributed by atoms with Crippen LogP contribution in [0.15, 0.2) is 70.9 Å². The molecule has 6 nitrogen and oxygen atoms in total. The molecule has 2 aliphatic heterocycles. The molecule has 3 heterocycles. The number of sulfonamides is 1. The molecular formula is C26H25ClF3N3O3S2. The molecule has 2 aliphatic rings. The quantitative estimate of drug-likeness (QED) is 0.416. The van der Waals surface area contributed by atoms with Gasteiger partial charge in [-0.25, -0.2) is 8.42 Å². The van der Waals surface area contributed by atoms with E-state index in [-0.39, 0.29) is 29.1 Å². The van der Waals surface area contributed by atoms with E-state index in [4.69, 9.17) is 11.6 Å². The number of hydrogen-bond acceptors (Lipinski definition) is 5. The van der Waals surface area contributed by atoms with E-state index in [1.165, 1.54) is 22.5 Å². The summed E-state index contributed by atoms with van der Waals surface area (Å²) in [6.07, 6.45) is -4.43. The smallest absolute Gasteiger partial charge is 0.368 e. The summed E-state index contributed by atoms with van der Waals surface area (Å²) < 4.78 is 68.0. The van der Waals surface area contributed by atoms with Gasteiger partial charge in [0.25, 0.3) is 10.0 Å². The van der Waals surface area contributed by atoms with Gasteiger partial charge in [-0.1, -0.05) is 48.0 Å². The number of alkyl halides is 3. The van der Waals surface area contributed by atoms with Crippen molar-refractivity contribution < 1.29 is 26.4 Å². The highest BCUT2D eigenvalue weighted by molar-refractivity contribution is 7.91. The number of anilines is 1. The predicted octanol–water partition coefficient (Wildman–Crippen LogP) is 5.17. The zero-order chi connectivity index (χ0) is 27.1. The molecule has 2 aromatic carbocycles. The Labute approximate surface area is 228 Å². The van der Waals surface area contributed by atoms with Crippen LogP contribution >= 0.6 is 22.9 Å². The minimum absolute atomic E-state index is 0.0457. The minimum atomic E-state index is -4.43. The second-order valence-electron chi connectivity index (χ2n) is 9.36. The Morgan fingerprint density at radius 1 is 0.921 bits per heavy atom. The Bertz CT molecular complexity index is 1410. The molecule has 2 atom stereocenters. The van der Waals surface area contributed by atoms with Crippen LogP contribution in [0.5, 0.6) is 0 Å². The summed E-state index contributed by atoms with van der Waals surface area (Å²) in [5.74, 6) is -1.05. The Balaban J connectivity index is 1.33. The molecule has 0 spiro atoms. The van der Waals surface area contributed by atoms with Gasteiger partial charge in [-0.15, -0.1) is 11.3 Å². The molecule has 38 heavy (non-hydrogen) atoms. The van der Waals surface area contributed by atoms with Gasteiger partial charge in [0.2, 0.25) is 5.91 Å². The number of amides is 1. The minimum Gasteiger partial charge on any atom is -0.368 e. The van der Waals surface area contributed by atoms with E-state index in [1.807, 2.05) is 35.2 Å². The molecule has 0 aliphatic carbocycles. The van der Waals surface area contributed by atoms with Crippen LogP contribution in [0, 0.1) is 5.92 Å². The summed E-state index contributed by atoms with van der Waals surface area (Å²) in [5, 5.41) is 0. The summed E-state index contributed by atoms with van der Waals surface area (Å²) >= 11 is 6.96. The lowest BCUT2D eigenvalue weighted by molar-refractivity contribution is -0.137. The summed E-state index contributed by atoms with van der Waals surface area (Å²) in [7, 11) is -3.82. The monoisotopic (exact) mass is 583 g/mol. The third-order valence-electron chi connectivity index (χ3n) is 7.10. The third-order valence-corrected chi connectivity index (χ3v) is 10.6. The van der Waals surface area contributed by atoms with Crippen molar-refractivity contribution in [3.8, 4) is 0 Å². The number of nitrogens with zero attached hydrogens (tertiary/aromatic N) is 3. The molecular weight excluding hydrogens is 559 g/mol. The van der Waals surface area contributed by atoms with E-state index >= 15 is 0 Å². The van der Waals surface area contributed by atoms with Gasteiger partial charge in [-0.3, -0.25) is 4.79 Å². The van der Waals surface area contributed by atoms with Crippen molar-refractivity contribution in [3.05, 3.63) is 82.2 Å². The van der Waals surface area contributed by atoms with Crippen LogP contribution < -0.4 is 4.90 Å². The van der Waals surface area contributed by atoms with Crippen molar-refractivity contribution in [2.45, 2.75) is 16.3 Å². The molecule has 0 bridgehead atoms. The summed E-state index contributed by atoms with van der Waals surface area (Å²) in [5.41, 5.74) is 0.635. The molecule has 3 aromatic rings. The maximum absolute atomic E-state index is 13.7. The number of benzene rings is 2. The van der Waals surface area contributed by atoms with E-state index in [2.05, 4.69) is 0 Å². The standard InChI is InChI=1S/C26H25ClF3N3O3S2/c27-23-9-10-24(37-23)38(35,36)33-16-21(18-5-2-1-3-6-18)22(17-33)25(34)32-13-11-31(12-14-32)20-8-4-7-19(15-20)26(28,29)30/h1-10,15,21-22H,11-14,16-17H2/t21-,22+/m0/s1. The van der Waals surface area contributed by atoms with Crippen molar-refractivity contribution in [2.24, 2.45) is 5.92 Å². The van der Waals surface area contributed by atoms with E-state index in [0.717, 1.165) is 29.0 Å². The average molecular weight is 584 g/mol. The summed E-state index contributed by atoms with van der Waals surface area (Å²) in [6, 6.07) is 17.6. The number of hydrogen-bond donors (Lipinski definition) is 0. The van der Waals surface area contributed by atoms with E-state index in [9.17, 15) is 26.4 Å². The summed E-state index contributed by atoms with van der Waals surface area (Å²) in [6.45, 7) is 1.64. The van der Waals surface area contributed by atoms with Crippen molar-refractivity contribution in [1.29, 1.82) is 0 Å². The Morgan fingerprint density at radius 2 is 1.63 bits per heavy atom. The Kier molecular flexibility index (Phi) is 7.47. The Hall–Kier alpha value is -2.60. The maximum atomic E-state index is 13.7. The van der Waals surface area contributed by atoms with Crippen LogP contribution in [0.1, 0.15) is 17.0 Å². The fraction of sp³-hybridized carbons (Fsp3) is 0.346. The van der Waals surface area contributed by atoms with Gasteiger partial charge < -0.3 is 9.80 Å². The van der Waals surface area contributed by atoms with Crippen LogP contribution in [-0.2, 0) is 21.0 Å². The number of halogens is 4. The highest BCUT2D eigenvalue weighted by Crippen LogP contribution is 2.39. The van der Waals surface area contributed by atoms with Crippen molar-refractivity contribution >= 4 is 44.6 Å². The molecule has 202 valence electrons. The van der Waals surface area contributed by atoms with Crippen molar-refractivity contribution in [3.63, 3.8) is 0 Å². The number of carbonyl (C=O) groups is 1. The SMILES string of the molecule is O=C([C@@H]1CN(S(=O)(=O)c2ccc(Cl)s2)C[C@H]1c1ccccc1)N1CCN(c2cccc(C(F)(F)F)c2)CC1. The highest BCUT2D eigenvalue weighted by atomic mass is 35.5. The number of piperazine rings is 1. The Morgan fingerprint density at radius 3 is 2.26 bits per heavy atom. The maximum Gasteiger partial charge on any atom is 0.416 e. The predicted molar refractivity (Wildman–Crippen MR) is 141 cm³/mol. The topological polar surface area (TPSA) is 60.9 Å². The molecule has 1 aromatic heterocycles. The van der Waals surface area contributed by atoms with Gasteiger partial charge >= 0.3 is 6.18 Å². The largest absolute Gasteiger partial charge is 0.416 e. The number of rotatable bonds is 5. The lowest BCUT2D eigenvalue weighted by Gasteiger charge is -2.38. The van der Waals surface area contributed by atoms with E-state index < -0.39 is 27.7 Å². The normalized spacial score (nSPS) is 21.2. The van der Waals surface area contributed by atoms with Gasteiger partial charge in [0.15, 0.2) is 0 Å². The number of thiophene rings is 1. The van der Waals surface area contributed by atoms with Gasteiger partial charge in [-0.05, 0) is 35.9 Å². The second-order valence-corrected chi connectivity index (χ2v) is 13.2. The first-order valence-electron chi connectivity index (χ1n) is 12.1. The molecule has 0 N–H and O–H groups in total. The van der Waals surface area contributed by atoms with Crippen LogP contribution in [0.2, 0.25) is 4.34 Å². The molecule has 12 heteroatoms. The molecule has 2 fully saturated rings. The van der Waals surface area contributed by atoms with Gasteiger partial charge in [-0.2, -0.15) is 17.5 Å². The van der Waals surface area contributed by atoms with E-state index in [0.29, 0.717) is 36.2 Å². The van der Waals surface area contributed by atoms with Crippen LogP contribution in [0.4, 0.5) is 18.9 Å². The first-order chi connectivity index (χ1) is 18.0. The van der Waals surface area contributed by atoms with Crippen molar-refractivity contribution in [1.82, 2.24) is 9.21 Å². The fourth-order valence-corrected chi connectivity index (χ4v) is 8.24. The molecule has 5 rings (SSSR count). The molecule has 0 saturated carbocycles. The van der Waals surface area contributed by atoms with Gasteiger partial charge in [0.05, 0.1) is 15.8 Å². The first-order valence-corrected chi connectivity index (χ1v) is 14.7. The van der Waals surface area contributed by atoms with Crippen LogP contribution in [-0.4, -0.2) is 62.8 Å². The fourth-order valence-electron chi connectivity index (χ4n) is 5.11. The van der Waals surface area contributed by atoms with Crippen LogP contribution in [0.3, 0.4) is 0 Å². The third kappa shape index (κ3) is 5.42. The molecule has 0 unspecified atom stereocenters. The first kappa shape index (κ1) is 27.0. The van der Waals surface area contributed by atoms with Crippen LogP contribution in [0.25, 0.3) is 0 Å². The lowest BCUT2D eigenvalue weighted by Crippen LogP contribution is -2.51. The number of carbonyl (C=O) groups excluding carboxylic acids is 1. The average Bonchev–Trinajstić information content (AvgIpc) is 3.56. The zero-order valence-corrected chi connectivity index (χ0v) is 22.5. The van der Waals surface area contributed by atoms with Crippen molar-refractivity contribution in [2.75, 3.05) is 44.2 Å². The zero-order valence-electron chi connectivity index (χ0n) is 20.1. The van der Waals surface area contributed by atoms with E-state index in [1.54, 1.807) is 11.0 Å². The summed E-state index contributed by atoms with van der Waals surface area (Å²) in [4.78, 5) is 17.3. The molecule has 2 saturated heterocycles. The van der Waals surface area contributed by atoms with Gasteiger partial charge in [0, 0.05) is 50.9 Å². The molecule has 1 amide bonds. The highest BCUT2D eigenvalue weighted by Gasteiger charge is 2.45. The second kappa shape index (κ2) is 10.5. The molecule has 0 radical (unpaired) electrons. The van der Waals surface area contributed by atoms with Gasteiger partial charge in [0.1, 0.15) is 4.21 Å².